The summed E-state index contributed by atoms with van der Waals surface area (Å²) in [5.41, 5.74) is 1.60. The quantitative estimate of drug-likeness (QED) is 0.773. The number of anilines is 1. The zero-order chi connectivity index (χ0) is 12.4. The molecule has 0 bridgehead atoms. The van der Waals surface area contributed by atoms with Crippen molar-refractivity contribution in [2.75, 3.05) is 17.2 Å². The summed E-state index contributed by atoms with van der Waals surface area (Å²) in [5, 5.41) is 0. The van der Waals surface area contributed by atoms with E-state index in [-0.39, 0.29) is 5.91 Å². The van der Waals surface area contributed by atoms with E-state index in [0.29, 0.717) is 17.2 Å². The number of hydrogen-bond donors (Lipinski definition) is 0. The molecule has 0 N–H and O–H groups in total. The maximum absolute atomic E-state index is 11.9. The summed E-state index contributed by atoms with van der Waals surface area (Å²) in [4.78, 5) is 25.5. The minimum absolute atomic E-state index is 0.148. The Morgan fingerprint density at radius 3 is 2.88 bits per heavy atom. The Morgan fingerprint density at radius 1 is 1.47 bits per heavy atom. The molecule has 2 rings (SSSR count). The van der Waals surface area contributed by atoms with Gasteiger partial charge < -0.3 is 4.90 Å². The van der Waals surface area contributed by atoms with Crippen molar-refractivity contribution in [3.05, 3.63) is 23.8 Å². The molecular weight excluding hydrogens is 234 g/mol. The molecule has 1 aromatic rings. The van der Waals surface area contributed by atoms with E-state index in [1.165, 1.54) is 11.8 Å². The van der Waals surface area contributed by atoms with Crippen molar-refractivity contribution in [1.29, 1.82) is 0 Å². The van der Waals surface area contributed by atoms with Gasteiger partial charge in [-0.25, -0.2) is 0 Å². The number of nitrogens with zero attached hydrogens (tertiary/aromatic N) is 1. The smallest absolute Gasteiger partial charge is 0.237 e. The van der Waals surface area contributed by atoms with Gasteiger partial charge in [0.25, 0.3) is 0 Å². The molecule has 1 aromatic carbocycles. The summed E-state index contributed by atoms with van der Waals surface area (Å²) in [6, 6.07) is 5.48. The van der Waals surface area contributed by atoms with E-state index in [1.54, 1.807) is 6.07 Å². The molecule has 0 unspecified atom stereocenters. The van der Waals surface area contributed by atoms with Crippen molar-refractivity contribution in [1.82, 2.24) is 0 Å². The summed E-state index contributed by atoms with van der Waals surface area (Å²) >= 11 is 1.51. The average Bonchev–Trinajstić information content (AvgIpc) is 2.32. The molecule has 0 atom stereocenters. The predicted octanol–water partition coefficient (Wildman–Crippen LogP) is 2.59. The number of carbonyl (C=O) groups is 2. The first kappa shape index (κ1) is 12.2. The number of rotatable bonds is 3. The van der Waals surface area contributed by atoms with Crippen LogP contribution in [0.1, 0.15) is 24.2 Å². The first-order valence-electron chi connectivity index (χ1n) is 5.64. The fourth-order valence-electron chi connectivity index (χ4n) is 1.86. The third-order valence-electron chi connectivity index (χ3n) is 2.61. The van der Waals surface area contributed by atoms with Gasteiger partial charge in [-0.1, -0.05) is 13.8 Å². The van der Waals surface area contributed by atoms with Gasteiger partial charge in [0.15, 0.2) is 0 Å². The van der Waals surface area contributed by atoms with Crippen molar-refractivity contribution >= 4 is 29.6 Å². The van der Waals surface area contributed by atoms with Gasteiger partial charge in [-0.2, -0.15) is 0 Å². The highest BCUT2D eigenvalue weighted by Crippen LogP contribution is 2.36. The number of thioether (sulfide) groups is 1. The highest BCUT2D eigenvalue weighted by atomic mass is 32.2. The lowest BCUT2D eigenvalue weighted by molar-refractivity contribution is -0.116. The number of fused-ring (bicyclic) bond motifs is 1. The Labute approximate surface area is 105 Å². The van der Waals surface area contributed by atoms with Crippen molar-refractivity contribution in [2.24, 2.45) is 5.92 Å². The first-order valence-corrected chi connectivity index (χ1v) is 6.62. The Hall–Kier alpha value is -1.29. The fraction of sp³-hybridized carbons (Fsp3) is 0.385. The van der Waals surface area contributed by atoms with Crippen LogP contribution < -0.4 is 4.90 Å². The van der Waals surface area contributed by atoms with Crippen LogP contribution in [-0.2, 0) is 4.79 Å². The Morgan fingerprint density at radius 2 is 2.24 bits per heavy atom. The summed E-state index contributed by atoms with van der Waals surface area (Å²) in [6.07, 6.45) is 0.837. The van der Waals surface area contributed by atoms with E-state index in [9.17, 15) is 9.59 Å². The van der Waals surface area contributed by atoms with Crippen molar-refractivity contribution in [2.45, 2.75) is 18.7 Å². The first-order chi connectivity index (χ1) is 8.11. The van der Waals surface area contributed by atoms with Crippen LogP contribution in [-0.4, -0.2) is 24.5 Å². The molecule has 0 spiro atoms. The minimum atomic E-state index is 0.148. The second-order valence-electron chi connectivity index (χ2n) is 4.53. The zero-order valence-electron chi connectivity index (χ0n) is 9.97. The highest BCUT2D eigenvalue weighted by Gasteiger charge is 2.25. The molecule has 0 aliphatic carbocycles. The van der Waals surface area contributed by atoms with E-state index in [4.69, 9.17) is 0 Å². The number of carbonyl (C=O) groups excluding carboxylic acids is 2. The lowest BCUT2D eigenvalue weighted by Crippen LogP contribution is -2.38. The van der Waals surface area contributed by atoms with Crippen LogP contribution in [0.15, 0.2) is 23.1 Å². The van der Waals surface area contributed by atoms with Gasteiger partial charge in [-0.15, -0.1) is 11.8 Å². The minimum Gasteiger partial charge on any atom is -0.310 e. The molecule has 0 saturated heterocycles. The summed E-state index contributed by atoms with van der Waals surface area (Å²) in [5.74, 6) is 1.04. The van der Waals surface area contributed by atoms with Gasteiger partial charge in [-0.05, 0) is 24.1 Å². The third-order valence-corrected chi connectivity index (χ3v) is 3.64. The number of hydrogen-bond acceptors (Lipinski definition) is 3. The van der Waals surface area contributed by atoms with Gasteiger partial charge >= 0.3 is 0 Å². The van der Waals surface area contributed by atoms with Crippen LogP contribution in [0.25, 0.3) is 0 Å². The number of benzene rings is 1. The molecule has 0 fully saturated rings. The molecular formula is C13H15NO2S. The molecule has 4 heteroatoms. The SMILES string of the molecule is CC(C)CN1C(=O)CSc2cc(C=O)ccc21. The van der Waals surface area contributed by atoms with E-state index >= 15 is 0 Å². The van der Waals surface area contributed by atoms with E-state index < -0.39 is 0 Å². The molecule has 17 heavy (non-hydrogen) atoms. The molecule has 3 nitrogen and oxygen atoms in total. The molecule has 90 valence electrons. The van der Waals surface area contributed by atoms with Crippen LogP contribution in [0.2, 0.25) is 0 Å². The van der Waals surface area contributed by atoms with Crippen LogP contribution in [0.4, 0.5) is 5.69 Å². The van der Waals surface area contributed by atoms with Crippen LogP contribution >= 0.6 is 11.8 Å². The maximum atomic E-state index is 11.9. The van der Waals surface area contributed by atoms with Gasteiger partial charge in [0, 0.05) is 17.0 Å². The van der Waals surface area contributed by atoms with Gasteiger partial charge in [0.2, 0.25) is 5.91 Å². The summed E-state index contributed by atoms with van der Waals surface area (Å²) in [6.45, 7) is 4.91. The number of amides is 1. The molecule has 1 heterocycles. The standard InChI is InChI=1S/C13H15NO2S/c1-9(2)6-14-11-4-3-10(7-15)5-12(11)17-8-13(14)16/h3-5,7,9H,6,8H2,1-2H3. The average molecular weight is 249 g/mol. The lowest BCUT2D eigenvalue weighted by Gasteiger charge is -2.30. The normalized spacial score (nSPS) is 15.0. The predicted molar refractivity (Wildman–Crippen MR) is 69.7 cm³/mol. The van der Waals surface area contributed by atoms with Crippen LogP contribution in [0.5, 0.6) is 0 Å². The van der Waals surface area contributed by atoms with Gasteiger partial charge in [-0.3, -0.25) is 9.59 Å². The Balaban J connectivity index is 2.37. The molecule has 0 radical (unpaired) electrons. The monoisotopic (exact) mass is 249 g/mol. The van der Waals surface area contributed by atoms with Crippen molar-refractivity contribution < 1.29 is 9.59 Å². The summed E-state index contributed by atoms with van der Waals surface area (Å²) < 4.78 is 0. The van der Waals surface area contributed by atoms with E-state index in [2.05, 4.69) is 13.8 Å². The third kappa shape index (κ3) is 2.52. The van der Waals surface area contributed by atoms with Gasteiger partial charge in [0.05, 0.1) is 11.4 Å². The second-order valence-corrected chi connectivity index (χ2v) is 5.55. The van der Waals surface area contributed by atoms with Crippen molar-refractivity contribution in [3.63, 3.8) is 0 Å². The lowest BCUT2D eigenvalue weighted by atomic mass is 10.1. The molecule has 1 aliphatic rings. The van der Waals surface area contributed by atoms with E-state index in [1.807, 2.05) is 17.0 Å². The maximum Gasteiger partial charge on any atom is 0.237 e. The topological polar surface area (TPSA) is 37.4 Å². The molecule has 1 amide bonds. The van der Waals surface area contributed by atoms with Crippen molar-refractivity contribution in [3.8, 4) is 0 Å². The number of aldehydes is 1. The van der Waals surface area contributed by atoms with E-state index in [0.717, 1.165) is 23.4 Å². The Bertz CT molecular complexity index is 457. The molecule has 0 aromatic heterocycles. The Kier molecular flexibility index (Phi) is 3.52. The molecule has 0 saturated carbocycles. The van der Waals surface area contributed by atoms with Crippen LogP contribution in [0, 0.1) is 5.92 Å². The summed E-state index contributed by atoms with van der Waals surface area (Å²) in [7, 11) is 0. The molecule has 1 aliphatic heterocycles. The second kappa shape index (κ2) is 4.92. The zero-order valence-corrected chi connectivity index (χ0v) is 10.8. The van der Waals surface area contributed by atoms with Gasteiger partial charge in [0.1, 0.15) is 6.29 Å². The van der Waals surface area contributed by atoms with Crippen LogP contribution in [0.3, 0.4) is 0 Å². The fourth-order valence-corrected chi connectivity index (χ4v) is 2.84. The highest BCUT2D eigenvalue weighted by molar-refractivity contribution is 8.00. The largest absolute Gasteiger partial charge is 0.310 e.